The van der Waals surface area contributed by atoms with Crippen LogP contribution in [0.25, 0.3) is 10.9 Å². The molecule has 1 aliphatic carbocycles. The van der Waals surface area contributed by atoms with Gasteiger partial charge in [-0.1, -0.05) is 32.9 Å². The van der Waals surface area contributed by atoms with Crippen molar-refractivity contribution in [1.82, 2.24) is 24.6 Å². The number of carbonyl (C=O) groups excluding carboxylic acids is 1. The summed E-state index contributed by atoms with van der Waals surface area (Å²) in [5, 5.41) is 7.96. The van der Waals surface area contributed by atoms with Gasteiger partial charge in [0.25, 0.3) is 11.5 Å². The number of H-pyrrole nitrogens is 1. The molecule has 0 spiro atoms. The van der Waals surface area contributed by atoms with E-state index in [1.807, 2.05) is 39.8 Å². The molecule has 7 nitrogen and oxygen atoms in total. The predicted molar refractivity (Wildman–Crippen MR) is 119 cm³/mol. The molecule has 7 heteroatoms. The fourth-order valence-electron chi connectivity index (χ4n) is 4.42. The SMILES string of the molecule is CC(C)(C)c1cc(C(=O)N2CCCC2c2nc3ccccc3c(=O)n2CC2CC2)n[nH]1. The quantitative estimate of drug-likeness (QED) is 0.697. The van der Waals surface area contributed by atoms with Crippen LogP contribution < -0.4 is 5.56 Å². The van der Waals surface area contributed by atoms with Gasteiger partial charge in [0.15, 0.2) is 0 Å². The van der Waals surface area contributed by atoms with Gasteiger partial charge >= 0.3 is 0 Å². The first-order chi connectivity index (χ1) is 14.8. The summed E-state index contributed by atoms with van der Waals surface area (Å²) in [4.78, 5) is 33.5. The molecule has 3 aromatic rings. The molecule has 0 bridgehead atoms. The van der Waals surface area contributed by atoms with E-state index in [2.05, 4.69) is 31.0 Å². The molecule has 1 aromatic carbocycles. The fraction of sp³-hybridized carbons (Fsp3) is 0.500. The Kier molecular flexibility index (Phi) is 4.72. The summed E-state index contributed by atoms with van der Waals surface area (Å²) in [5.74, 6) is 1.15. The lowest BCUT2D eigenvalue weighted by Crippen LogP contribution is -2.36. The number of aromatic nitrogens is 4. The summed E-state index contributed by atoms with van der Waals surface area (Å²) in [6.45, 7) is 7.59. The van der Waals surface area contributed by atoms with Crippen molar-refractivity contribution in [1.29, 1.82) is 0 Å². The summed E-state index contributed by atoms with van der Waals surface area (Å²) in [7, 11) is 0. The summed E-state index contributed by atoms with van der Waals surface area (Å²) in [5.41, 5.74) is 1.95. The van der Waals surface area contributed by atoms with E-state index in [9.17, 15) is 9.59 Å². The smallest absolute Gasteiger partial charge is 0.274 e. The van der Waals surface area contributed by atoms with Crippen molar-refractivity contribution >= 4 is 16.8 Å². The molecule has 1 N–H and O–H groups in total. The Balaban J connectivity index is 1.55. The molecule has 162 valence electrons. The maximum Gasteiger partial charge on any atom is 0.274 e. The van der Waals surface area contributed by atoms with Crippen LogP contribution >= 0.6 is 0 Å². The average Bonchev–Trinajstić information content (AvgIpc) is 3.21. The van der Waals surface area contributed by atoms with Crippen molar-refractivity contribution < 1.29 is 4.79 Å². The molecule has 31 heavy (non-hydrogen) atoms. The van der Waals surface area contributed by atoms with Crippen LogP contribution in [-0.2, 0) is 12.0 Å². The molecule has 1 unspecified atom stereocenters. The second-order valence-electron chi connectivity index (χ2n) is 9.92. The van der Waals surface area contributed by atoms with E-state index in [-0.39, 0.29) is 22.9 Å². The highest BCUT2D eigenvalue weighted by atomic mass is 16.2. The Bertz CT molecular complexity index is 1200. The zero-order valence-electron chi connectivity index (χ0n) is 18.4. The van der Waals surface area contributed by atoms with Crippen molar-refractivity contribution in [3.8, 4) is 0 Å². The van der Waals surface area contributed by atoms with E-state index < -0.39 is 0 Å². The van der Waals surface area contributed by atoms with Crippen LogP contribution in [0.2, 0.25) is 0 Å². The minimum Gasteiger partial charge on any atom is -0.327 e. The third-order valence-electron chi connectivity index (χ3n) is 6.45. The van der Waals surface area contributed by atoms with Gasteiger partial charge in [-0.3, -0.25) is 19.3 Å². The first-order valence-electron chi connectivity index (χ1n) is 11.2. The topological polar surface area (TPSA) is 83.9 Å². The van der Waals surface area contributed by atoms with Crippen LogP contribution in [0.15, 0.2) is 35.1 Å². The largest absolute Gasteiger partial charge is 0.327 e. The van der Waals surface area contributed by atoms with E-state index in [1.54, 1.807) is 0 Å². The van der Waals surface area contributed by atoms with Crippen molar-refractivity contribution in [3.05, 3.63) is 57.9 Å². The zero-order chi connectivity index (χ0) is 21.8. The monoisotopic (exact) mass is 419 g/mol. The summed E-state index contributed by atoms with van der Waals surface area (Å²) < 4.78 is 1.83. The van der Waals surface area contributed by atoms with Gasteiger partial charge in [0, 0.05) is 24.2 Å². The van der Waals surface area contributed by atoms with Gasteiger partial charge in [0.2, 0.25) is 0 Å². The summed E-state index contributed by atoms with van der Waals surface area (Å²) in [6.07, 6.45) is 3.99. The number of amides is 1. The van der Waals surface area contributed by atoms with Gasteiger partial charge in [0.05, 0.1) is 16.9 Å². The molecule has 5 rings (SSSR count). The first-order valence-corrected chi connectivity index (χ1v) is 11.2. The second kappa shape index (κ2) is 7.32. The Morgan fingerprint density at radius 3 is 2.68 bits per heavy atom. The van der Waals surface area contributed by atoms with E-state index in [4.69, 9.17) is 4.98 Å². The predicted octanol–water partition coefficient (Wildman–Crippen LogP) is 3.80. The van der Waals surface area contributed by atoms with Crippen LogP contribution in [0.5, 0.6) is 0 Å². The third-order valence-corrected chi connectivity index (χ3v) is 6.45. The van der Waals surface area contributed by atoms with Gasteiger partial charge in [-0.05, 0) is 49.8 Å². The van der Waals surface area contributed by atoms with Crippen molar-refractivity contribution in [2.75, 3.05) is 6.54 Å². The Morgan fingerprint density at radius 1 is 1.19 bits per heavy atom. The van der Waals surface area contributed by atoms with Crippen molar-refractivity contribution in [2.45, 2.75) is 64.5 Å². The lowest BCUT2D eigenvalue weighted by atomic mass is 9.92. The number of nitrogens with one attached hydrogen (secondary N) is 1. The van der Waals surface area contributed by atoms with Gasteiger partial charge < -0.3 is 4.90 Å². The lowest BCUT2D eigenvalue weighted by molar-refractivity contribution is 0.0720. The fourth-order valence-corrected chi connectivity index (χ4v) is 4.42. The minimum absolute atomic E-state index is 0.00147. The van der Waals surface area contributed by atoms with E-state index in [1.165, 1.54) is 0 Å². The van der Waals surface area contributed by atoms with Crippen LogP contribution in [-0.4, -0.2) is 37.1 Å². The van der Waals surface area contributed by atoms with E-state index in [0.717, 1.165) is 31.4 Å². The standard InChI is InChI=1S/C24H29N5O2/c1-24(2,3)20-13-18(26-27-20)23(31)28-12-6-9-19(28)21-25-17-8-5-4-7-16(17)22(30)29(21)14-15-10-11-15/h4-5,7-8,13,15,19H,6,9-12,14H2,1-3H3,(H,26,27). The van der Waals surface area contributed by atoms with E-state index >= 15 is 0 Å². The molecule has 1 amide bonds. The summed E-state index contributed by atoms with van der Waals surface area (Å²) in [6, 6.07) is 9.14. The minimum atomic E-state index is -0.210. The number of para-hydroxylation sites is 1. The van der Waals surface area contributed by atoms with Gasteiger partial charge in [-0.25, -0.2) is 4.98 Å². The van der Waals surface area contributed by atoms with Crippen molar-refractivity contribution in [3.63, 3.8) is 0 Å². The maximum atomic E-state index is 13.4. The number of benzene rings is 1. The van der Waals surface area contributed by atoms with Gasteiger partial charge in [0.1, 0.15) is 11.5 Å². The van der Waals surface area contributed by atoms with E-state index in [0.29, 0.717) is 41.4 Å². The Labute approximate surface area is 181 Å². The molecule has 3 heterocycles. The second-order valence-corrected chi connectivity index (χ2v) is 9.92. The third kappa shape index (κ3) is 3.66. The number of rotatable bonds is 4. The number of nitrogens with zero attached hydrogens (tertiary/aromatic N) is 4. The Morgan fingerprint density at radius 2 is 1.97 bits per heavy atom. The lowest BCUT2D eigenvalue weighted by Gasteiger charge is -2.26. The molecular formula is C24H29N5O2. The molecule has 2 aliphatic rings. The number of hydrogen-bond donors (Lipinski definition) is 1. The first kappa shape index (κ1) is 20.0. The van der Waals surface area contributed by atoms with Gasteiger partial charge in [-0.2, -0.15) is 5.10 Å². The number of likely N-dealkylation sites (tertiary alicyclic amines) is 1. The van der Waals surface area contributed by atoms with Gasteiger partial charge in [-0.15, -0.1) is 0 Å². The summed E-state index contributed by atoms with van der Waals surface area (Å²) >= 11 is 0. The molecule has 1 aliphatic heterocycles. The highest BCUT2D eigenvalue weighted by Crippen LogP contribution is 2.35. The molecule has 2 aromatic heterocycles. The molecule has 1 atom stereocenters. The maximum absolute atomic E-state index is 13.4. The van der Waals surface area contributed by atoms with Crippen LogP contribution in [0.1, 0.15) is 74.5 Å². The highest BCUT2D eigenvalue weighted by Gasteiger charge is 2.36. The zero-order valence-corrected chi connectivity index (χ0v) is 18.4. The van der Waals surface area contributed by atoms with Crippen LogP contribution in [0.3, 0.4) is 0 Å². The number of aromatic amines is 1. The number of hydrogen-bond acceptors (Lipinski definition) is 4. The van der Waals surface area contributed by atoms with Crippen molar-refractivity contribution in [2.24, 2.45) is 5.92 Å². The number of fused-ring (bicyclic) bond motifs is 1. The molecule has 1 saturated carbocycles. The van der Waals surface area contributed by atoms with Crippen LogP contribution in [0.4, 0.5) is 0 Å². The molecule has 2 fully saturated rings. The highest BCUT2D eigenvalue weighted by molar-refractivity contribution is 5.93. The number of carbonyl (C=O) groups is 1. The normalized spacial score (nSPS) is 19.3. The van der Waals surface area contributed by atoms with Crippen LogP contribution in [0, 0.1) is 5.92 Å². The molecule has 1 saturated heterocycles. The Hall–Kier alpha value is -2.96. The molecular weight excluding hydrogens is 390 g/mol. The average molecular weight is 420 g/mol. The molecule has 0 radical (unpaired) electrons.